The van der Waals surface area contributed by atoms with Crippen molar-refractivity contribution in [3.8, 4) is 5.75 Å². The molecule has 2 aliphatic heterocycles. The highest BCUT2D eigenvalue weighted by Crippen LogP contribution is 2.41. The maximum atomic E-state index is 13.0. The summed E-state index contributed by atoms with van der Waals surface area (Å²) in [5.74, 6) is -0.785. The molecular formula is C24H26N2O5S. The summed E-state index contributed by atoms with van der Waals surface area (Å²) in [5.41, 5.74) is 0.586. The monoisotopic (exact) mass is 454 g/mol. The van der Waals surface area contributed by atoms with Gasteiger partial charge >= 0.3 is 0 Å². The van der Waals surface area contributed by atoms with Crippen molar-refractivity contribution in [1.29, 1.82) is 0 Å². The zero-order valence-electron chi connectivity index (χ0n) is 17.7. The second-order valence-corrected chi connectivity index (χ2v) is 8.57. The number of morpholine rings is 1. The Kier molecular flexibility index (Phi) is 7.04. The van der Waals surface area contributed by atoms with Crippen LogP contribution in [0.5, 0.6) is 5.75 Å². The molecule has 32 heavy (non-hydrogen) atoms. The van der Waals surface area contributed by atoms with Crippen LogP contribution in [0.25, 0.3) is 5.76 Å². The van der Waals surface area contributed by atoms with Gasteiger partial charge < -0.3 is 19.5 Å². The van der Waals surface area contributed by atoms with Crippen LogP contribution in [-0.4, -0.2) is 72.6 Å². The number of benzene rings is 1. The van der Waals surface area contributed by atoms with Crippen LogP contribution in [0.1, 0.15) is 16.5 Å². The SMILES string of the molecule is C=CCOc1ccc(C(O)=C2C(=O)C(=O)N(CCN3CCOCC3)[C@H]2c2cccs2)cc1. The lowest BCUT2D eigenvalue weighted by atomic mass is 10.00. The lowest BCUT2D eigenvalue weighted by molar-refractivity contribution is -0.140. The first-order valence-corrected chi connectivity index (χ1v) is 11.4. The molecule has 0 saturated carbocycles. The van der Waals surface area contributed by atoms with E-state index in [1.807, 2.05) is 17.5 Å². The number of carbonyl (C=O) groups is 2. The molecule has 2 aromatic rings. The summed E-state index contributed by atoms with van der Waals surface area (Å²) in [5, 5.41) is 13.0. The summed E-state index contributed by atoms with van der Waals surface area (Å²) < 4.78 is 10.9. The van der Waals surface area contributed by atoms with Crippen LogP contribution in [0, 0.1) is 0 Å². The smallest absolute Gasteiger partial charge is 0.295 e. The van der Waals surface area contributed by atoms with Gasteiger partial charge in [0.05, 0.1) is 24.8 Å². The molecule has 168 valence electrons. The number of amides is 1. The minimum absolute atomic E-state index is 0.124. The van der Waals surface area contributed by atoms with Gasteiger partial charge in [-0.05, 0) is 35.7 Å². The van der Waals surface area contributed by atoms with E-state index in [4.69, 9.17) is 9.47 Å². The van der Waals surface area contributed by atoms with Crippen LogP contribution in [0.4, 0.5) is 0 Å². The van der Waals surface area contributed by atoms with Crippen LogP contribution in [0.15, 0.2) is 60.0 Å². The van der Waals surface area contributed by atoms with Gasteiger partial charge in [0.25, 0.3) is 11.7 Å². The number of aliphatic hydroxyl groups is 1. The summed E-state index contributed by atoms with van der Waals surface area (Å²) in [6, 6.07) is 9.96. The van der Waals surface area contributed by atoms with E-state index in [1.54, 1.807) is 35.2 Å². The van der Waals surface area contributed by atoms with Crippen molar-refractivity contribution >= 4 is 28.8 Å². The van der Waals surface area contributed by atoms with Crippen molar-refractivity contribution in [3.63, 3.8) is 0 Å². The fraction of sp³-hybridized carbons (Fsp3) is 0.333. The van der Waals surface area contributed by atoms with Crippen molar-refractivity contribution in [2.45, 2.75) is 6.04 Å². The molecule has 7 nitrogen and oxygen atoms in total. The third-order valence-electron chi connectivity index (χ3n) is 5.61. The van der Waals surface area contributed by atoms with Gasteiger partial charge in [-0.3, -0.25) is 14.5 Å². The number of aliphatic hydroxyl groups excluding tert-OH is 1. The molecule has 0 bridgehead atoms. The number of thiophene rings is 1. The maximum Gasteiger partial charge on any atom is 0.295 e. The van der Waals surface area contributed by atoms with Gasteiger partial charge in [0.15, 0.2) is 0 Å². The van der Waals surface area contributed by atoms with Gasteiger partial charge in [-0.15, -0.1) is 11.3 Å². The summed E-state index contributed by atoms with van der Waals surface area (Å²) in [6.07, 6.45) is 1.65. The molecule has 2 aliphatic rings. The number of likely N-dealkylation sites (tertiary alicyclic amines) is 1. The van der Waals surface area contributed by atoms with Crippen molar-refractivity contribution in [2.75, 3.05) is 46.0 Å². The van der Waals surface area contributed by atoms with E-state index in [0.717, 1.165) is 18.0 Å². The van der Waals surface area contributed by atoms with Gasteiger partial charge in [0, 0.05) is 36.6 Å². The molecule has 1 amide bonds. The Morgan fingerprint density at radius 1 is 1.19 bits per heavy atom. The van der Waals surface area contributed by atoms with Gasteiger partial charge in [-0.25, -0.2) is 0 Å². The molecule has 2 fully saturated rings. The van der Waals surface area contributed by atoms with Gasteiger partial charge in [-0.2, -0.15) is 0 Å². The highest BCUT2D eigenvalue weighted by Gasteiger charge is 2.46. The molecule has 3 heterocycles. The van der Waals surface area contributed by atoms with Crippen molar-refractivity contribution in [3.05, 3.63) is 70.4 Å². The molecule has 0 unspecified atom stereocenters. The number of hydrogen-bond donors (Lipinski definition) is 1. The predicted molar refractivity (Wildman–Crippen MR) is 123 cm³/mol. The molecule has 2 saturated heterocycles. The highest BCUT2D eigenvalue weighted by molar-refractivity contribution is 7.10. The van der Waals surface area contributed by atoms with Crippen LogP contribution in [-0.2, 0) is 14.3 Å². The van der Waals surface area contributed by atoms with E-state index in [1.165, 1.54) is 11.3 Å². The topological polar surface area (TPSA) is 79.3 Å². The zero-order chi connectivity index (χ0) is 22.5. The average molecular weight is 455 g/mol. The number of nitrogens with zero attached hydrogens (tertiary/aromatic N) is 2. The van der Waals surface area contributed by atoms with Crippen LogP contribution in [0.2, 0.25) is 0 Å². The first-order chi connectivity index (χ1) is 15.6. The number of rotatable bonds is 8. The van der Waals surface area contributed by atoms with E-state index in [0.29, 0.717) is 44.2 Å². The molecule has 1 aromatic carbocycles. The van der Waals surface area contributed by atoms with E-state index in [9.17, 15) is 14.7 Å². The predicted octanol–water partition coefficient (Wildman–Crippen LogP) is 3.07. The molecule has 0 aliphatic carbocycles. The van der Waals surface area contributed by atoms with Gasteiger partial charge in [-0.1, -0.05) is 18.7 Å². The molecule has 1 N–H and O–H groups in total. The molecule has 0 radical (unpaired) electrons. The summed E-state index contributed by atoms with van der Waals surface area (Å²) >= 11 is 1.46. The third-order valence-corrected chi connectivity index (χ3v) is 6.53. The molecule has 0 spiro atoms. The van der Waals surface area contributed by atoms with E-state index < -0.39 is 17.7 Å². The zero-order valence-corrected chi connectivity index (χ0v) is 18.6. The molecular weight excluding hydrogens is 428 g/mol. The van der Waals surface area contributed by atoms with Crippen molar-refractivity contribution in [2.24, 2.45) is 0 Å². The Morgan fingerprint density at radius 3 is 2.59 bits per heavy atom. The largest absolute Gasteiger partial charge is 0.507 e. The number of carbonyl (C=O) groups excluding carboxylic acids is 2. The fourth-order valence-electron chi connectivity index (χ4n) is 3.95. The number of Topliss-reactive ketones (excluding diaryl/α,β-unsaturated/α-hetero) is 1. The van der Waals surface area contributed by atoms with Crippen molar-refractivity contribution in [1.82, 2.24) is 9.80 Å². The molecule has 4 rings (SSSR count). The quantitative estimate of drug-likeness (QED) is 0.286. The lowest BCUT2D eigenvalue weighted by Gasteiger charge is -2.30. The summed E-state index contributed by atoms with van der Waals surface area (Å²) in [4.78, 5) is 30.6. The first-order valence-electron chi connectivity index (χ1n) is 10.6. The minimum atomic E-state index is -0.658. The standard InChI is InChI=1S/C24H26N2O5S/c1-2-13-31-18-7-5-17(6-8-18)22(27)20-21(19-4-3-16-32-19)26(24(29)23(20)28)10-9-25-11-14-30-15-12-25/h2-8,16,21,27H,1,9-15H2/t21-/m0/s1. The van der Waals surface area contributed by atoms with Crippen LogP contribution >= 0.6 is 11.3 Å². The summed E-state index contributed by atoms with van der Waals surface area (Å²) in [7, 11) is 0. The third kappa shape index (κ3) is 4.62. The Hall–Kier alpha value is -2.94. The second-order valence-electron chi connectivity index (χ2n) is 7.59. The Morgan fingerprint density at radius 2 is 1.94 bits per heavy atom. The van der Waals surface area contributed by atoms with E-state index in [-0.39, 0.29) is 11.3 Å². The fourth-order valence-corrected chi connectivity index (χ4v) is 4.79. The molecule has 1 atom stereocenters. The number of ketones is 1. The maximum absolute atomic E-state index is 13.0. The normalized spacial score (nSPS) is 21.1. The van der Waals surface area contributed by atoms with E-state index in [2.05, 4.69) is 11.5 Å². The Labute approximate surface area is 191 Å². The van der Waals surface area contributed by atoms with Gasteiger partial charge in [0.1, 0.15) is 18.1 Å². The Balaban J connectivity index is 1.64. The summed E-state index contributed by atoms with van der Waals surface area (Å²) in [6.45, 7) is 7.97. The van der Waals surface area contributed by atoms with Gasteiger partial charge in [0.2, 0.25) is 0 Å². The second kappa shape index (κ2) is 10.1. The molecule has 1 aromatic heterocycles. The minimum Gasteiger partial charge on any atom is -0.507 e. The number of ether oxygens (including phenoxy) is 2. The average Bonchev–Trinajstić information content (AvgIpc) is 3.44. The van der Waals surface area contributed by atoms with E-state index >= 15 is 0 Å². The molecule has 8 heteroatoms. The van der Waals surface area contributed by atoms with Crippen LogP contribution in [0.3, 0.4) is 0 Å². The first kappa shape index (κ1) is 22.3. The highest BCUT2D eigenvalue weighted by atomic mass is 32.1. The van der Waals surface area contributed by atoms with Crippen molar-refractivity contribution < 1.29 is 24.2 Å². The van der Waals surface area contributed by atoms with Crippen LogP contribution < -0.4 is 4.74 Å². The number of hydrogen-bond acceptors (Lipinski definition) is 7. The Bertz CT molecular complexity index is 994. The lowest BCUT2D eigenvalue weighted by Crippen LogP contribution is -2.42.